The lowest BCUT2D eigenvalue weighted by Gasteiger charge is -2.10. The molecule has 0 aliphatic carbocycles. The first-order valence-corrected chi connectivity index (χ1v) is 5.61. The van der Waals surface area contributed by atoms with E-state index in [-0.39, 0.29) is 11.3 Å². The smallest absolute Gasteiger partial charge is 0.306 e. The first-order valence-electron chi connectivity index (χ1n) is 5.61. The fraction of sp³-hybridized carbons (Fsp3) is 0.333. The van der Waals surface area contributed by atoms with Crippen LogP contribution in [0.25, 0.3) is 0 Å². The molecule has 1 atom stereocenters. The minimum absolute atomic E-state index is 0.152. The number of carboxylic acid groups (broad SMARTS) is 1. The highest BCUT2D eigenvalue weighted by atomic mass is 16.6. The van der Waals surface area contributed by atoms with E-state index in [1.165, 1.54) is 18.2 Å². The molecule has 100 valence electrons. The lowest BCUT2D eigenvalue weighted by molar-refractivity contribution is -0.384. The van der Waals surface area contributed by atoms with Crippen molar-refractivity contribution in [3.63, 3.8) is 0 Å². The van der Waals surface area contributed by atoms with Crippen LogP contribution in [0.15, 0.2) is 18.2 Å². The average molecular weight is 263 g/mol. The lowest BCUT2D eigenvalue weighted by Crippen LogP contribution is -2.14. The van der Waals surface area contributed by atoms with Crippen LogP contribution < -0.4 is 5.32 Å². The molecule has 7 nitrogen and oxygen atoms in total. The monoisotopic (exact) mass is 263 g/mol. The van der Waals surface area contributed by atoms with Crippen molar-refractivity contribution in [1.82, 2.24) is 0 Å². The number of aliphatic carboxylic acids is 1. The molecule has 0 radical (unpaired) electrons. The number of rotatable bonds is 6. The van der Waals surface area contributed by atoms with Gasteiger partial charge in [0.1, 0.15) is 6.07 Å². The normalized spacial score (nSPS) is 11.4. The van der Waals surface area contributed by atoms with E-state index in [1.807, 2.05) is 6.07 Å². The number of nitro benzene ring substituents is 1. The quantitative estimate of drug-likeness (QED) is 0.598. The summed E-state index contributed by atoms with van der Waals surface area (Å²) in [6.45, 7) is 1.96. The van der Waals surface area contributed by atoms with Gasteiger partial charge in [-0.1, -0.05) is 6.92 Å². The Kier molecular flexibility index (Phi) is 4.83. The summed E-state index contributed by atoms with van der Waals surface area (Å²) in [5.74, 6) is -1.37. The van der Waals surface area contributed by atoms with Gasteiger partial charge in [0.15, 0.2) is 0 Å². The fourth-order valence-corrected chi connectivity index (χ4v) is 1.44. The number of anilines is 1. The lowest BCUT2D eigenvalue weighted by atomic mass is 10.1. The first kappa shape index (κ1) is 14.4. The van der Waals surface area contributed by atoms with Gasteiger partial charge in [0.2, 0.25) is 0 Å². The number of benzene rings is 1. The van der Waals surface area contributed by atoms with Crippen LogP contribution in [0.1, 0.15) is 18.9 Å². The van der Waals surface area contributed by atoms with Gasteiger partial charge in [0, 0.05) is 18.7 Å². The van der Waals surface area contributed by atoms with Crippen molar-refractivity contribution in [2.24, 2.45) is 5.92 Å². The third-order valence-electron chi connectivity index (χ3n) is 2.65. The minimum Gasteiger partial charge on any atom is -0.481 e. The fourth-order valence-electron chi connectivity index (χ4n) is 1.44. The zero-order valence-corrected chi connectivity index (χ0v) is 10.3. The zero-order chi connectivity index (χ0) is 14.4. The molecule has 0 bridgehead atoms. The van der Waals surface area contributed by atoms with E-state index in [1.54, 1.807) is 6.92 Å². The van der Waals surface area contributed by atoms with Gasteiger partial charge in [-0.05, 0) is 12.5 Å². The van der Waals surface area contributed by atoms with Crippen LogP contribution in [-0.4, -0.2) is 22.5 Å². The molecular formula is C12H13N3O4. The molecule has 7 heteroatoms. The van der Waals surface area contributed by atoms with Crippen molar-refractivity contribution in [3.8, 4) is 6.07 Å². The maximum Gasteiger partial charge on any atom is 0.306 e. The van der Waals surface area contributed by atoms with Crippen molar-refractivity contribution < 1.29 is 14.8 Å². The van der Waals surface area contributed by atoms with E-state index < -0.39 is 16.8 Å². The van der Waals surface area contributed by atoms with Crippen molar-refractivity contribution in [2.75, 3.05) is 11.9 Å². The van der Waals surface area contributed by atoms with Gasteiger partial charge in [-0.2, -0.15) is 5.26 Å². The molecule has 1 rings (SSSR count). The molecule has 1 unspecified atom stereocenters. The Morgan fingerprint density at radius 1 is 1.63 bits per heavy atom. The van der Waals surface area contributed by atoms with Gasteiger partial charge < -0.3 is 10.4 Å². The summed E-state index contributed by atoms with van der Waals surface area (Å²) in [6, 6.07) is 5.79. The molecule has 0 aliphatic heterocycles. The third-order valence-corrected chi connectivity index (χ3v) is 2.65. The van der Waals surface area contributed by atoms with E-state index in [0.29, 0.717) is 18.7 Å². The van der Waals surface area contributed by atoms with E-state index in [4.69, 9.17) is 10.4 Å². The van der Waals surface area contributed by atoms with E-state index >= 15 is 0 Å². The average Bonchev–Trinajstić information content (AvgIpc) is 2.38. The van der Waals surface area contributed by atoms with Gasteiger partial charge in [-0.15, -0.1) is 0 Å². The molecule has 19 heavy (non-hydrogen) atoms. The molecule has 0 aliphatic rings. The van der Waals surface area contributed by atoms with E-state index in [2.05, 4.69) is 5.32 Å². The predicted molar refractivity (Wildman–Crippen MR) is 67.7 cm³/mol. The standard InChI is InChI=1S/C12H13N3O4/c1-8(12(16)17)4-5-14-11-3-2-10(15(18)19)6-9(11)7-13/h2-3,6,8,14H,4-5H2,1H3,(H,16,17). The van der Waals surface area contributed by atoms with Crippen LogP contribution in [0.3, 0.4) is 0 Å². The summed E-state index contributed by atoms with van der Waals surface area (Å²) >= 11 is 0. The highest BCUT2D eigenvalue weighted by molar-refractivity contribution is 5.69. The molecule has 1 aromatic rings. The van der Waals surface area contributed by atoms with E-state index in [0.717, 1.165) is 0 Å². The number of nitriles is 1. The molecule has 0 fully saturated rings. The predicted octanol–water partition coefficient (Wildman–Crippen LogP) is 1.99. The zero-order valence-electron chi connectivity index (χ0n) is 10.3. The summed E-state index contributed by atoms with van der Waals surface area (Å²) in [4.78, 5) is 20.6. The number of hydrogen-bond acceptors (Lipinski definition) is 5. The number of nitrogens with one attached hydrogen (secondary N) is 1. The van der Waals surface area contributed by atoms with Crippen molar-refractivity contribution in [2.45, 2.75) is 13.3 Å². The Hall–Kier alpha value is -2.62. The first-order chi connectivity index (χ1) is 8.95. The van der Waals surface area contributed by atoms with Gasteiger partial charge in [0.25, 0.3) is 5.69 Å². The second kappa shape index (κ2) is 6.35. The molecule has 0 saturated carbocycles. The molecular weight excluding hydrogens is 250 g/mol. The second-order valence-electron chi connectivity index (χ2n) is 4.05. The molecule has 0 aromatic heterocycles. The van der Waals surface area contributed by atoms with Crippen molar-refractivity contribution in [1.29, 1.82) is 5.26 Å². The molecule has 0 saturated heterocycles. The van der Waals surface area contributed by atoms with Crippen molar-refractivity contribution >= 4 is 17.3 Å². The number of nitro groups is 1. The Morgan fingerprint density at radius 3 is 2.84 bits per heavy atom. The number of carboxylic acids is 1. The summed E-state index contributed by atoms with van der Waals surface area (Å²) in [5.41, 5.74) is 0.476. The Bertz CT molecular complexity index is 536. The topological polar surface area (TPSA) is 116 Å². The maximum absolute atomic E-state index is 10.6. The van der Waals surface area contributed by atoms with Gasteiger partial charge in [0.05, 0.1) is 22.1 Å². The van der Waals surface area contributed by atoms with Gasteiger partial charge in [-0.3, -0.25) is 14.9 Å². The van der Waals surface area contributed by atoms with Crippen LogP contribution in [0, 0.1) is 27.4 Å². The van der Waals surface area contributed by atoms with Crippen LogP contribution in [0.5, 0.6) is 0 Å². The van der Waals surface area contributed by atoms with Gasteiger partial charge in [-0.25, -0.2) is 0 Å². The summed E-state index contributed by atoms with van der Waals surface area (Å²) in [6.07, 6.45) is 0.400. The third kappa shape index (κ3) is 3.96. The second-order valence-corrected chi connectivity index (χ2v) is 4.05. The SMILES string of the molecule is CC(CCNc1ccc([N+](=O)[O-])cc1C#N)C(=O)O. The maximum atomic E-state index is 10.6. The molecule has 0 amide bonds. The number of hydrogen-bond donors (Lipinski definition) is 2. The molecule has 1 aromatic carbocycles. The number of carbonyl (C=O) groups is 1. The highest BCUT2D eigenvalue weighted by Gasteiger charge is 2.12. The number of non-ortho nitro benzene ring substituents is 1. The summed E-state index contributed by atoms with van der Waals surface area (Å²) in [5, 5.41) is 31.1. The highest BCUT2D eigenvalue weighted by Crippen LogP contribution is 2.21. The van der Waals surface area contributed by atoms with Gasteiger partial charge >= 0.3 is 5.97 Å². The van der Waals surface area contributed by atoms with Crippen molar-refractivity contribution in [3.05, 3.63) is 33.9 Å². The molecule has 0 heterocycles. The Morgan fingerprint density at radius 2 is 2.32 bits per heavy atom. The molecule has 2 N–H and O–H groups in total. The van der Waals surface area contributed by atoms with Crippen LogP contribution in [-0.2, 0) is 4.79 Å². The number of nitrogens with zero attached hydrogens (tertiary/aromatic N) is 2. The largest absolute Gasteiger partial charge is 0.481 e. The Balaban J connectivity index is 2.72. The Labute approximate surface area is 109 Å². The summed E-state index contributed by atoms with van der Waals surface area (Å²) in [7, 11) is 0. The molecule has 0 spiro atoms. The van der Waals surface area contributed by atoms with Crippen LogP contribution >= 0.6 is 0 Å². The van der Waals surface area contributed by atoms with Crippen LogP contribution in [0.2, 0.25) is 0 Å². The minimum atomic E-state index is -0.883. The van der Waals surface area contributed by atoms with E-state index in [9.17, 15) is 14.9 Å². The summed E-state index contributed by atoms with van der Waals surface area (Å²) < 4.78 is 0. The van der Waals surface area contributed by atoms with Crippen LogP contribution in [0.4, 0.5) is 11.4 Å².